The lowest BCUT2D eigenvalue weighted by atomic mass is 10.1. The predicted octanol–water partition coefficient (Wildman–Crippen LogP) is 1.72. The summed E-state index contributed by atoms with van der Waals surface area (Å²) in [6, 6.07) is 5.67. The van der Waals surface area contributed by atoms with Crippen LogP contribution in [0.15, 0.2) is 29.3 Å². The molecular formula is C15H19FN2O4. The molecule has 1 aliphatic heterocycles. The number of carboxylic acid groups (broad SMARTS) is 1. The molecule has 1 aliphatic rings. The SMILES string of the molecule is CC(C)(N)C(=O)O.CC1(C)N=C(c2ccc(F)cc2)OC1=O. The van der Waals surface area contributed by atoms with E-state index in [2.05, 4.69) is 4.99 Å². The van der Waals surface area contributed by atoms with Crippen LogP contribution in [-0.4, -0.2) is 34.0 Å². The van der Waals surface area contributed by atoms with Gasteiger partial charge in [-0.05, 0) is 52.0 Å². The molecule has 0 amide bonds. The number of hydrogen-bond acceptors (Lipinski definition) is 5. The molecular weight excluding hydrogens is 291 g/mol. The molecule has 6 nitrogen and oxygen atoms in total. The Bertz CT molecular complexity index is 601. The molecule has 1 aromatic rings. The Hall–Kier alpha value is -2.28. The summed E-state index contributed by atoms with van der Waals surface area (Å²) in [5.41, 5.74) is 3.76. The average Bonchev–Trinajstić information content (AvgIpc) is 2.64. The Balaban J connectivity index is 0.000000295. The summed E-state index contributed by atoms with van der Waals surface area (Å²) in [4.78, 5) is 25.4. The normalized spacial score (nSPS) is 16.3. The molecule has 0 aromatic heterocycles. The lowest BCUT2D eigenvalue weighted by Gasteiger charge is -2.09. The van der Waals surface area contributed by atoms with Crippen molar-refractivity contribution >= 4 is 17.8 Å². The number of aliphatic imine (C=N–C) groups is 1. The first-order valence-electron chi connectivity index (χ1n) is 6.54. The maximum absolute atomic E-state index is 12.7. The van der Waals surface area contributed by atoms with Gasteiger partial charge in [0.2, 0.25) is 5.90 Å². The molecule has 0 spiro atoms. The van der Waals surface area contributed by atoms with Gasteiger partial charge >= 0.3 is 11.9 Å². The number of hydrogen-bond donors (Lipinski definition) is 2. The molecule has 0 aliphatic carbocycles. The number of cyclic esters (lactones) is 1. The van der Waals surface area contributed by atoms with Crippen LogP contribution in [0.25, 0.3) is 0 Å². The number of ether oxygens (including phenoxy) is 1. The highest BCUT2D eigenvalue weighted by atomic mass is 19.1. The van der Waals surface area contributed by atoms with Gasteiger partial charge in [0.25, 0.3) is 0 Å². The zero-order valence-electron chi connectivity index (χ0n) is 12.9. The Morgan fingerprint density at radius 3 is 2.09 bits per heavy atom. The molecule has 0 unspecified atom stereocenters. The van der Waals surface area contributed by atoms with E-state index in [0.717, 1.165) is 0 Å². The Morgan fingerprint density at radius 1 is 1.32 bits per heavy atom. The lowest BCUT2D eigenvalue weighted by molar-refractivity contribution is -0.142. The molecule has 1 aromatic carbocycles. The molecule has 120 valence electrons. The number of carbonyl (C=O) groups is 2. The Labute approximate surface area is 127 Å². The van der Waals surface area contributed by atoms with Gasteiger partial charge in [-0.3, -0.25) is 4.79 Å². The van der Waals surface area contributed by atoms with E-state index in [9.17, 15) is 14.0 Å². The van der Waals surface area contributed by atoms with Gasteiger partial charge in [-0.25, -0.2) is 14.2 Å². The van der Waals surface area contributed by atoms with E-state index in [-0.39, 0.29) is 17.7 Å². The molecule has 22 heavy (non-hydrogen) atoms. The fourth-order valence-corrected chi connectivity index (χ4v) is 1.25. The van der Waals surface area contributed by atoms with Crippen LogP contribution in [-0.2, 0) is 14.3 Å². The van der Waals surface area contributed by atoms with E-state index >= 15 is 0 Å². The summed E-state index contributed by atoms with van der Waals surface area (Å²) in [5, 5.41) is 8.12. The van der Waals surface area contributed by atoms with Crippen molar-refractivity contribution < 1.29 is 23.8 Å². The van der Waals surface area contributed by atoms with Crippen molar-refractivity contribution in [2.75, 3.05) is 0 Å². The highest BCUT2D eigenvalue weighted by Gasteiger charge is 2.37. The van der Waals surface area contributed by atoms with Gasteiger partial charge in [0.05, 0.1) is 0 Å². The lowest BCUT2D eigenvalue weighted by Crippen LogP contribution is -2.41. The summed E-state index contributed by atoms with van der Waals surface area (Å²) in [6.45, 7) is 6.22. The van der Waals surface area contributed by atoms with Gasteiger partial charge in [-0.1, -0.05) is 0 Å². The van der Waals surface area contributed by atoms with Gasteiger partial charge < -0.3 is 15.6 Å². The largest absolute Gasteiger partial charge is 0.480 e. The van der Waals surface area contributed by atoms with E-state index in [1.54, 1.807) is 13.8 Å². The fraction of sp³-hybridized carbons (Fsp3) is 0.400. The quantitative estimate of drug-likeness (QED) is 0.810. The number of halogens is 1. The Morgan fingerprint density at radius 2 is 1.77 bits per heavy atom. The van der Waals surface area contributed by atoms with Crippen LogP contribution in [0.1, 0.15) is 33.3 Å². The minimum Gasteiger partial charge on any atom is -0.480 e. The Kier molecular flexibility index (Phi) is 5.03. The van der Waals surface area contributed by atoms with Crippen molar-refractivity contribution in [1.82, 2.24) is 0 Å². The maximum Gasteiger partial charge on any atom is 0.340 e. The molecule has 7 heteroatoms. The van der Waals surface area contributed by atoms with E-state index in [4.69, 9.17) is 15.6 Å². The summed E-state index contributed by atoms with van der Waals surface area (Å²) in [5.74, 6) is -1.44. The van der Waals surface area contributed by atoms with Crippen molar-refractivity contribution in [2.24, 2.45) is 10.7 Å². The summed E-state index contributed by atoms with van der Waals surface area (Å²) < 4.78 is 17.6. The van der Waals surface area contributed by atoms with Gasteiger partial charge in [0.1, 0.15) is 11.4 Å². The number of nitrogens with zero attached hydrogens (tertiary/aromatic N) is 1. The van der Waals surface area contributed by atoms with Crippen LogP contribution in [0.5, 0.6) is 0 Å². The minimum absolute atomic E-state index is 0.255. The van der Waals surface area contributed by atoms with Crippen molar-refractivity contribution in [3.8, 4) is 0 Å². The number of carboxylic acids is 1. The standard InChI is InChI=1S/C11H10FNO2.C4H9NO2/c1-11(2)10(14)15-9(13-11)7-3-5-8(12)6-4-7;1-4(2,5)3(6)7/h3-6H,1-2H3;5H2,1-2H3,(H,6,7). The molecule has 0 radical (unpaired) electrons. The zero-order valence-corrected chi connectivity index (χ0v) is 12.9. The van der Waals surface area contributed by atoms with Crippen LogP contribution in [0.2, 0.25) is 0 Å². The third-order valence-electron chi connectivity index (χ3n) is 2.71. The highest BCUT2D eigenvalue weighted by molar-refractivity contribution is 6.07. The van der Waals surface area contributed by atoms with E-state index in [1.165, 1.54) is 38.1 Å². The summed E-state index contributed by atoms with van der Waals surface area (Å²) in [7, 11) is 0. The molecule has 0 bridgehead atoms. The predicted molar refractivity (Wildman–Crippen MR) is 79.0 cm³/mol. The second-order valence-corrected chi connectivity index (χ2v) is 5.90. The van der Waals surface area contributed by atoms with Crippen LogP contribution in [0.3, 0.4) is 0 Å². The summed E-state index contributed by atoms with van der Waals surface area (Å²) >= 11 is 0. The fourth-order valence-electron chi connectivity index (χ4n) is 1.25. The number of rotatable bonds is 2. The van der Waals surface area contributed by atoms with Crippen LogP contribution >= 0.6 is 0 Å². The molecule has 0 atom stereocenters. The van der Waals surface area contributed by atoms with Gasteiger partial charge in [-0.15, -0.1) is 0 Å². The van der Waals surface area contributed by atoms with Gasteiger partial charge in [0.15, 0.2) is 5.54 Å². The first-order chi connectivity index (χ1) is 9.93. The third kappa shape index (κ3) is 4.63. The highest BCUT2D eigenvalue weighted by Crippen LogP contribution is 2.22. The number of nitrogens with two attached hydrogens (primary N) is 1. The van der Waals surface area contributed by atoms with Crippen molar-refractivity contribution in [1.29, 1.82) is 0 Å². The topological polar surface area (TPSA) is 102 Å². The van der Waals surface area contributed by atoms with E-state index in [1.807, 2.05) is 0 Å². The van der Waals surface area contributed by atoms with Crippen LogP contribution in [0, 0.1) is 5.82 Å². The molecule has 0 fully saturated rings. The molecule has 0 saturated heterocycles. The molecule has 3 N–H and O–H groups in total. The van der Waals surface area contributed by atoms with E-state index < -0.39 is 17.0 Å². The van der Waals surface area contributed by atoms with Gasteiger partial charge in [-0.2, -0.15) is 0 Å². The molecule has 0 saturated carbocycles. The smallest absolute Gasteiger partial charge is 0.340 e. The number of aliphatic carboxylic acids is 1. The van der Waals surface area contributed by atoms with Crippen molar-refractivity contribution in [3.63, 3.8) is 0 Å². The van der Waals surface area contributed by atoms with Crippen LogP contribution in [0.4, 0.5) is 4.39 Å². The van der Waals surface area contributed by atoms with E-state index in [0.29, 0.717) is 5.56 Å². The zero-order chi connectivity index (χ0) is 17.1. The maximum atomic E-state index is 12.7. The molecule has 2 rings (SSSR count). The monoisotopic (exact) mass is 310 g/mol. The molecule has 1 heterocycles. The van der Waals surface area contributed by atoms with Gasteiger partial charge in [0, 0.05) is 5.56 Å². The second-order valence-electron chi connectivity index (χ2n) is 5.90. The number of carbonyl (C=O) groups excluding carboxylic acids is 1. The first-order valence-corrected chi connectivity index (χ1v) is 6.54. The first kappa shape index (κ1) is 17.8. The van der Waals surface area contributed by atoms with Crippen molar-refractivity contribution in [3.05, 3.63) is 35.6 Å². The second kappa shape index (κ2) is 6.23. The summed E-state index contributed by atoms with van der Waals surface area (Å²) in [6.07, 6.45) is 0. The average molecular weight is 310 g/mol. The number of esters is 1. The minimum atomic E-state index is -1.08. The van der Waals surface area contributed by atoms with Crippen molar-refractivity contribution in [2.45, 2.75) is 38.8 Å². The number of benzene rings is 1. The van der Waals surface area contributed by atoms with Crippen LogP contribution < -0.4 is 5.73 Å². The third-order valence-corrected chi connectivity index (χ3v) is 2.71.